The Balaban J connectivity index is 2.94. The van der Waals surface area contributed by atoms with Gasteiger partial charge in [0.05, 0.1) is 6.61 Å². The molecular formula is C11H14O. The van der Waals surface area contributed by atoms with E-state index in [1.807, 2.05) is 12.1 Å². The Morgan fingerprint density at radius 1 is 1.50 bits per heavy atom. The van der Waals surface area contributed by atoms with Crippen LogP contribution in [0.2, 0.25) is 0 Å². The molecule has 1 heteroatoms. The lowest BCUT2D eigenvalue weighted by atomic mass is 10.1. The highest BCUT2D eigenvalue weighted by atomic mass is 16.5. The molecule has 0 atom stereocenters. The number of hydrogen-bond donors (Lipinski definition) is 0. The summed E-state index contributed by atoms with van der Waals surface area (Å²) < 4.78 is 5.06. The first-order valence-corrected chi connectivity index (χ1v) is 3.99. The van der Waals surface area contributed by atoms with Crippen LogP contribution in [-0.4, -0.2) is 7.11 Å². The normalized spacial score (nSPS) is 9.83. The van der Waals surface area contributed by atoms with Gasteiger partial charge < -0.3 is 4.74 Å². The molecule has 0 aliphatic rings. The molecular weight excluding hydrogens is 148 g/mol. The second-order valence-electron chi connectivity index (χ2n) is 2.82. The highest BCUT2D eigenvalue weighted by Gasteiger charge is 1.96. The van der Waals surface area contributed by atoms with Crippen LogP contribution in [0.3, 0.4) is 0 Å². The number of methoxy groups -OCH3 is 1. The van der Waals surface area contributed by atoms with Crippen molar-refractivity contribution in [1.29, 1.82) is 0 Å². The van der Waals surface area contributed by atoms with Crippen LogP contribution in [0.1, 0.15) is 16.7 Å². The van der Waals surface area contributed by atoms with Crippen molar-refractivity contribution in [2.75, 3.05) is 7.11 Å². The molecule has 12 heavy (non-hydrogen) atoms. The molecule has 0 saturated carbocycles. The summed E-state index contributed by atoms with van der Waals surface area (Å²) in [7, 11) is 1.71. The highest BCUT2D eigenvalue weighted by molar-refractivity contribution is 5.49. The molecule has 0 spiro atoms. The third-order valence-electron chi connectivity index (χ3n) is 1.90. The minimum atomic E-state index is 0.684. The molecule has 0 aliphatic heterocycles. The van der Waals surface area contributed by atoms with E-state index < -0.39 is 0 Å². The molecule has 0 heterocycles. The Labute approximate surface area is 73.7 Å². The van der Waals surface area contributed by atoms with E-state index in [0.29, 0.717) is 6.61 Å². The fourth-order valence-electron chi connectivity index (χ4n) is 1.16. The lowest BCUT2D eigenvalue weighted by Gasteiger charge is -2.04. The Morgan fingerprint density at radius 3 is 2.75 bits per heavy atom. The van der Waals surface area contributed by atoms with Gasteiger partial charge in [0.1, 0.15) is 0 Å². The Kier molecular flexibility index (Phi) is 3.06. The molecule has 0 radical (unpaired) electrons. The van der Waals surface area contributed by atoms with Crippen molar-refractivity contribution in [3.8, 4) is 0 Å². The predicted molar refractivity (Wildman–Crippen MR) is 52.0 cm³/mol. The average Bonchev–Trinajstić information content (AvgIpc) is 2.09. The topological polar surface area (TPSA) is 9.23 Å². The van der Waals surface area contributed by atoms with Crippen molar-refractivity contribution < 1.29 is 4.74 Å². The van der Waals surface area contributed by atoms with Crippen LogP contribution in [0.5, 0.6) is 0 Å². The fraction of sp³-hybridized carbons (Fsp3) is 0.273. The summed E-state index contributed by atoms with van der Waals surface area (Å²) in [4.78, 5) is 0. The monoisotopic (exact) mass is 162 g/mol. The maximum Gasteiger partial charge on any atom is 0.0715 e. The van der Waals surface area contributed by atoms with E-state index >= 15 is 0 Å². The summed E-state index contributed by atoms with van der Waals surface area (Å²) in [5, 5.41) is 0. The van der Waals surface area contributed by atoms with E-state index in [4.69, 9.17) is 4.74 Å². The van der Waals surface area contributed by atoms with Crippen LogP contribution in [0.25, 0.3) is 6.08 Å². The molecule has 0 amide bonds. The Morgan fingerprint density at radius 2 is 2.25 bits per heavy atom. The fourth-order valence-corrected chi connectivity index (χ4v) is 1.16. The third kappa shape index (κ3) is 1.95. The van der Waals surface area contributed by atoms with E-state index in [-0.39, 0.29) is 0 Å². The number of rotatable bonds is 3. The minimum Gasteiger partial charge on any atom is -0.380 e. The maximum atomic E-state index is 5.06. The second kappa shape index (κ2) is 4.07. The van der Waals surface area contributed by atoms with E-state index in [1.165, 1.54) is 11.1 Å². The molecule has 1 rings (SSSR count). The van der Waals surface area contributed by atoms with Gasteiger partial charge in [-0.3, -0.25) is 0 Å². The van der Waals surface area contributed by atoms with Crippen molar-refractivity contribution in [3.63, 3.8) is 0 Å². The molecule has 0 bridgehead atoms. The maximum absolute atomic E-state index is 5.06. The summed E-state index contributed by atoms with van der Waals surface area (Å²) in [6.45, 7) is 6.48. The van der Waals surface area contributed by atoms with Crippen molar-refractivity contribution in [1.82, 2.24) is 0 Å². The summed E-state index contributed by atoms with van der Waals surface area (Å²) >= 11 is 0. The largest absolute Gasteiger partial charge is 0.380 e. The zero-order chi connectivity index (χ0) is 8.97. The van der Waals surface area contributed by atoms with Gasteiger partial charge in [-0.05, 0) is 23.6 Å². The molecule has 0 aromatic heterocycles. The van der Waals surface area contributed by atoms with Gasteiger partial charge in [0.2, 0.25) is 0 Å². The smallest absolute Gasteiger partial charge is 0.0715 e. The second-order valence-corrected chi connectivity index (χ2v) is 2.82. The predicted octanol–water partition coefficient (Wildman–Crippen LogP) is 2.78. The molecule has 0 unspecified atom stereocenters. The zero-order valence-corrected chi connectivity index (χ0v) is 7.63. The number of hydrogen-bond acceptors (Lipinski definition) is 1. The minimum absolute atomic E-state index is 0.684. The van der Waals surface area contributed by atoms with Crippen LogP contribution in [0.4, 0.5) is 0 Å². The van der Waals surface area contributed by atoms with Crippen molar-refractivity contribution >= 4 is 6.08 Å². The summed E-state index contributed by atoms with van der Waals surface area (Å²) in [6, 6.07) is 6.24. The van der Waals surface area contributed by atoms with Gasteiger partial charge in [-0.15, -0.1) is 0 Å². The number of ether oxygens (including phenoxy) is 1. The lowest BCUT2D eigenvalue weighted by Crippen LogP contribution is -1.91. The van der Waals surface area contributed by atoms with Gasteiger partial charge in [0, 0.05) is 7.11 Å². The molecule has 1 aromatic rings. The van der Waals surface area contributed by atoms with Gasteiger partial charge in [-0.1, -0.05) is 30.9 Å². The first-order valence-electron chi connectivity index (χ1n) is 3.99. The average molecular weight is 162 g/mol. The van der Waals surface area contributed by atoms with Gasteiger partial charge in [0.25, 0.3) is 0 Å². The van der Waals surface area contributed by atoms with E-state index in [1.54, 1.807) is 7.11 Å². The molecule has 0 fully saturated rings. The molecule has 0 aliphatic carbocycles. The van der Waals surface area contributed by atoms with E-state index in [2.05, 4.69) is 25.6 Å². The van der Waals surface area contributed by atoms with Crippen LogP contribution in [0.15, 0.2) is 24.8 Å². The number of benzene rings is 1. The van der Waals surface area contributed by atoms with E-state index in [9.17, 15) is 0 Å². The van der Waals surface area contributed by atoms with Crippen molar-refractivity contribution in [2.24, 2.45) is 0 Å². The highest BCUT2D eigenvalue weighted by Crippen LogP contribution is 2.12. The quantitative estimate of drug-likeness (QED) is 0.664. The standard InChI is InChI=1S/C11H14O/c1-4-10-5-6-11(8-12-3)9(2)7-10/h4-7H,1,8H2,2-3H3. The first kappa shape index (κ1) is 9.01. The molecule has 1 nitrogen and oxygen atoms in total. The van der Waals surface area contributed by atoms with Crippen LogP contribution in [0, 0.1) is 6.92 Å². The van der Waals surface area contributed by atoms with Crippen LogP contribution >= 0.6 is 0 Å². The summed E-state index contributed by atoms with van der Waals surface area (Å²) in [6.07, 6.45) is 1.85. The summed E-state index contributed by atoms with van der Waals surface area (Å²) in [5.41, 5.74) is 3.66. The Bertz CT molecular complexity index is 276. The van der Waals surface area contributed by atoms with Gasteiger partial charge >= 0.3 is 0 Å². The van der Waals surface area contributed by atoms with Gasteiger partial charge in [0.15, 0.2) is 0 Å². The van der Waals surface area contributed by atoms with E-state index in [0.717, 1.165) is 5.56 Å². The number of aryl methyl sites for hydroxylation is 1. The summed E-state index contributed by atoms with van der Waals surface area (Å²) in [5.74, 6) is 0. The van der Waals surface area contributed by atoms with Crippen molar-refractivity contribution in [3.05, 3.63) is 41.5 Å². The van der Waals surface area contributed by atoms with Gasteiger partial charge in [-0.2, -0.15) is 0 Å². The Hall–Kier alpha value is -1.08. The van der Waals surface area contributed by atoms with Crippen LogP contribution in [-0.2, 0) is 11.3 Å². The third-order valence-corrected chi connectivity index (χ3v) is 1.90. The molecule has 0 N–H and O–H groups in total. The SMILES string of the molecule is C=Cc1ccc(COC)c(C)c1. The lowest BCUT2D eigenvalue weighted by molar-refractivity contribution is 0.184. The van der Waals surface area contributed by atoms with Crippen LogP contribution < -0.4 is 0 Å². The molecule has 0 saturated heterocycles. The zero-order valence-electron chi connectivity index (χ0n) is 7.63. The van der Waals surface area contributed by atoms with Gasteiger partial charge in [-0.25, -0.2) is 0 Å². The molecule has 64 valence electrons. The first-order chi connectivity index (χ1) is 5.77. The molecule has 1 aromatic carbocycles. The van der Waals surface area contributed by atoms with Crippen molar-refractivity contribution in [2.45, 2.75) is 13.5 Å².